The Morgan fingerprint density at radius 3 is 2.72 bits per heavy atom. The van der Waals surface area contributed by atoms with Crippen LogP contribution in [0.25, 0.3) is 0 Å². The van der Waals surface area contributed by atoms with Gasteiger partial charge in [0.2, 0.25) is 0 Å². The molecular weight excluding hydrogens is 364 g/mol. The van der Waals surface area contributed by atoms with Crippen molar-refractivity contribution in [2.45, 2.75) is 90.3 Å². The Hall–Kier alpha value is -0.940. The standard InChI is InChI=1S/C24H38N2O3/c1-15-12-24(28)13-16(26-29-17-8-11-25-14-17)6-10-23(24,3)19-7-9-22(2)18(21(15)19)4-5-20(22)27/h15,17-19,21,25,28H,4-14H2,1-3H3/b26-16+/t15-,17+,18+,19+,21+,22+,23-,24-/m1/s1. The van der Waals surface area contributed by atoms with Gasteiger partial charge in [-0.1, -0.05) is 25.9 Å². The van der Waals surface area contributed by atoms with Crippen molar-refractivity contribution in [2.75, 3.05) is 13.1 Å². The molecule has 1 saturated heterocycles. The molecule has 5 heteroatoms. The van der Waals surface area contributed by atoms with Crippen molar-refractivity contribution < 1.29 is 14.7 Å². The van der Waals surface area contributed by atoms with Gasteiger partial charge >= 0.3 is 0 Å². The fourth-order valence-electron chi connectivity index (χ4n) is 8.22. The highest BCUT2D eigenvalue weighted by Crippen LogP contribution is 2.67. The van der Waals surface area contributed by atoms with E-state index in [-0.39, 0.29) is 16.9 Å². The molecule has 8 atom stereocenters. The van der Waals surface area contributed by atoms with Crippen molar-refractivity contribution in [1.29, 1.82) is 0 Å². The molecule has 0 aromatic carbocycles. The molecule has 1 aliphatic heterocycles. The Bertz CT molecular complexity index is 717. The normalized spacial score (nSPS) is 53.4. The van der Waals surface area contributed by atoms with Crippen molar-refractivity contribution in [3.05, 3.63) is 0 Å². The minimum Gasteiger partial charge on any atom is -0.391 e. The molecule has 1 heterocycles. The van der Waals surface area contributed by atoms with Crippen LogP contribution in [0.1, 0.15) is 78.6 Å². The summed E-state index contributed by atoms with van der Waals surface area (Å²) in [5, 5.41) is 19.8. The molecule has 162 valence electrons. The number of carbonyl (C=O) groups excluding carboxylic acids is 1. The first kappa shape index (κ1) is 20.0. The minimum atomic E-state index is -0.696. The van der Waals surface area contributed by atoms with Gasteiger partial charge in [0.1, 0.15) is 11.9 Å². The van der Waals surface area contributed by atoms with Crippen molar-refractivity contribution in [3.8, 4) is 0 Å². The van der Waals surface area contributed by atoms with E-state index in [1.54, 1.807) is 0 Å². The Balaban J connectivity index is 1.39. The third kappa shape index (κ3) is 2.86. The highest BCUT2D eigenvalue weighted by molar-refractivity contribution is 5.87. The lowest BCUT2D eigenvalue weighted by atomic mass is 9.41. The van der Waals surface area contributed by atoms with Crippen LogP contribution in [-0.4, -0.2) is 41.4 Å². The van der Waals surface area contributed by atoms with E-state index in [0.717, 1.165) is 70.2 Å². The number of nitrogens with zero attached hydrogens (tertiary/aromatic N) is 1. The van der Waals surface area contributed by atoms with Gasteiger partial charge in [0, 0.05) is 36.6 Å². The third-order valence-electron chi connectivity index (χ3n) is 10.0. The molecule has 4 saturated carbocycles. The van der Waals surface area contributed by atoms with Crippen molar-refractivity contribution in [3.63, 3.8) is 0 Å². The summed E-state index contributed by atoms with van der Waals surface area (Å²) >= 11 is 0. The second-order valence-electron chi connectivity index (χ2n) is 11.4. The van der Waals surface area contributed by atoms with Crippen LogP contribution in [0.3, 0.4) is 0 Å². The minimum absolute atomic E-state index is 0.0783. The highest BCUT2D eigenvalue weighted by Gasteiger charge is 2.66. The SMILES string of the molecule is C[C@@H]1C[C@@]2(O)C/C(=N/O[C@H]3CCNC3)CC[C@]2(C)[C@H]2CC[C@]3(C)C(=O)CC[C@H]3[C@H]12. The van der Waals surface area contributed by atoms with Gasteiger partial charge in [-0.05, 0) is 68.7 Å². The number of hydrogen-bond donors (Lipinski definition) is 2. The van der Waals surface area contributed by atoms with Crippen LogP contribution in [0.2, 0.25) is 0 Å². The predicted molar refractivity (Wildman–Crippen MR) is 113 cm³/mol. The topological polar surface area (TPSA) is 70.9 Å². The first-order chi connectivity index (χ1) is 13.8. The average Bonchev–Trinajstić information content (AvgIpc) is 3.30. The Kier molecular flexibility index (Phi) is 4.67. The lowest BCUT2D eigenvalue weighted by Gasteiger charge is -2.64. The van der Waals surface area contributed by atoms with E-state index in [1.165, 1.54) is 0 Å². The van der Waals surface area contributed by atoms with Gasteiger partial charge in [0.05, 0.1) is 11.3 Å². The molecule has 5 fully saturated rings. The van der Waals surface area contributed by atoms with Crippen LogP contribution in [0.15, 0.2) is 5.16 Å². The Morgan fingerprint density at radius 2 is 1.97 bits per heavy atom. The van der Waals surface area contributed by atoms with Crippen LogP contribution >= 0.6 is 0 Å². The molecule has 5 aliphatic rings. The van der Waals surface area contributed by atoms with Gasteiger partial charge in [-0.3, -0.25) is 4.79 Å². The first-order valence-electron chi connectivity index (χ1n) is 11.9. The molecule has 5 nitrogen and oxygen atoms in total. The molecule has 2 N–H and O–H groups in total. The molecule has 4 aliphatic carbocycles. The number of oxime groups is 1. The first-order valence-corrected chi connectivity index (χ1v) is 11.9. The number of carbonyl (C=O) groups is 1. The molecule has 0 bridgehead atoms. The van der Waals surface area contributed by atoms with Gasteiger partial charge in [-0.2, -0.15) is 0 Å². The van der Waals surface area contributed by atoms with E-state index >= 15 is 0 Å². The van der Waals surface area contributed by atoms with Gasteiger partial charge in [0.15, 0.2) is 0 Å². The molecule has 0 aromatic rings. The molecule has 29 heavy (non-hydrogen) atoms. The monoisotopic (exact) mass is 402 g/mol. The number of rotatable bonds is 2. The fourth-order valence-corrected chi connectivity index (χ4v) is 8.22. The number of fused-ring (bicyclic) bond motifs is 5. The summed E-state index contributed by atoms with van der Waals surface area (Å²) in [6.45, 7) is 8.78. The summed E-state index contributed by atoms with van der Waals surface area (Å²) in [5.74, 6) is 2.55. The zero-order valence-electron chi connectivity index (χ0n) is 18.4. The van der Waals surface area contributed by atoms with E-state index in [1.807, 2.05) is 0 Å². The largest absolute Gasteiger partial charge is 0.391 e. The van der Waals surface area contributed by atoms with E-state index in [4.69, 9.17) is 4.84 Å². The van der Waals surface area contributed by atoms with Crippen LogP contribution in [0.5, 0.6) is 0 Å². The number of Topliss-reactive ketones (excluding diaryl/α,β-unsaturated/α-hetero) is 1. The quantitative estimate of drug-likeness (QED) is 0.691. The lowest BCUT2D eigenvalue weighted by Crippen LogP contribution is -2.64. The summed E-state index contributed by atoms with van der Waals surface area (Å²) in [6.07, 6.45) is 8.51. The molecule has 0 unspecified atom stereocenters. The predicted octanol–water partition coefficient (Wildman–Crippen LogP) is 3.69. The molecular formula is C24H38N2O3. The average molecular weight is 403 g/mol. The third-order valence-corrected chi connectivity index (χ3v) is 10.0. The summed E-state index contributed by atoms with van der Waals surface area (Å²) in [5.41, 5.74) is 0.161. The molecule has 0 radical (unpaired) electrons. The van der Waals surface area contributed by atoms with Gasteiger partial charge in [-0.15, -0.1) is 0 Å². The van der Waals surface area contributed by atoms with Crippen molar-refractivity contribution >= 4 is 11.5 Å². The summed E-state index contributed by atoms with van der Waals surface area (Å²) in [6, 6.07) is 0. The molecule has 0 spiro atoms. The molecule has 0 amide bonds. The zero-order chi connectivity index (χ0) is 20.4. The molecule has 5 rings (SSSR count). The van der Waals surface area contributed by atoms with E-state index in [2.05, 4.69) is 31.2 Å². The van der Waals surface area contributed by atoms with E-state index < -0.39 is 5.60 Å². The van der Waals surface area contributed by atoms with Crippen molar-refractivity contribution in [2.24, 2.45) is 39.7 Å². The van der Waals surface area contributed by atoms with Crippen LogP contribution < -0.4 is 5.32 Å². The number of aliphatic hydroxyl groups is 1. The van der Waals surface area contributed by atoms with E-state index in [9.17, 15) is 9.90 Å². The van der Waals surface area contributed by atoms with Gasteiger partial charge in [0.25, 0.3) is 0 Å². The van der Waals surface area contributed by atoms with Crippen LogP contribution in [0.4, 0.5) is 0 Å². The van der Waals surface area contributed by atoms with Crippen molar-refractivity contribution in [1.82, 2.24) is 5.32 Å². The number of ketones is 1. The second-order valence-corrected chi connectivity index (χ2v) is 11.4. The Labute approximate surface area is 175 Å². The summed E-state index contributed by atoms with van der Waals surface area (Å²) in [7, 11) is 0. The molecule has 0 aromatic heterocycles. The number of hydrogen-bond acceptors (Lipinski definition) is 5. The van der Waals surface area contributed by atoms with Crippen LogP contribution in [0, 0.1) is 34.5 Å². The van der Waals surface area contributed by atoms with E-state index in [0.29, 0.717) is 35.9 Å². The maximum absolute atomic E-state index is 12.7. The second kappa shape index (κ2) is 6.78. The number of nitrogens with one attached hydrogen (secondary N) is 1. The smallest absolute Gasteiger partial charge is 0.141 e. The summed E-state index contributed by atoms with van der Waals surface area (Å²) in [4.78, 5) is 18.5. The lowest BCUT2D eigenvalue weighted by molar-refractivity contribution is -0.206. The Morgan fingerprint density at radius 1 is 1.14 bits per heavy atom. The zero-order valence-corrected chi connectivity index (χ0v) is 18.4. The maximum Gasteiger partial charge on any atom is 0.141 e. The van der Waals surface area contributed by atoms with Gasteiger partial charge < -0.3 is 15.3 Å². The fraction of sp³-hybridized carbons (Fsp3) is 0.917. The van der Waals surface area contributed by atoms with Gasteiger partial charge in [-0.25, -0.2) is 0 Å². The van der Waals surface area contributed by atoms with Crippen LogP contribution in [-0.2, 0) is 9.63 Å². The summed E-state index contributed by atoms with van der Waals surface area (Å²) < 4.78 is 0. The highest BCUT2D eigenvalue weighted by atomic mass is 16.6. The maximum atomic E-state index is 12.7.